The molecule has 50 heavy (non-hydrogen) atoms. The SMILES string of the molecule is Cc1ccc2c(c1)C(=O)c1cc3cc4cc(Cc5ccc6cc7c(cc6c5)C(=O)c5cc6ccccc6cc5C7=O)ccc4cc3cc1C2=O. The third-order valence-corrected chi connectivity index (χ3v) is 10.5. The number of fused-ring (bicyclic) bond motifs is 8. The van der Waals surface area contributed by atoms with Gasteiger partial charge in [-0.15, -0.1) is 0 Å². The molecule has 2 aliphatic carbocycles. The minimum atomic E-state index is -0.124. The minimum absolute atomic E-state index is 0.114. The molecule has 0 fully saturated rings. The zero-order valence-corrected chi connectivity index (χ0v) is 27.0. The van der Waals surface area contributed by atoms with E-state index in [1.165, 1.54) is 0 Å². The first-order valence-corrected chi connectivity index (χ1v) is 16.7. The van der Waals surface area contributed by atoms with Crippen LogP contribution in [0.15, 0.2) is 127 Å². The monoisotopic (exact) mass is 642 g/mol. The predicted molar refractivity (Wildman–Crippen MR) is 197 cm³/mol. The van der Waals surface area contributed by atoms with Crippen LogP contribution >= 0.6 is 0 Å². The third kappa shape index (κ3) is 4.18. The molecule has 234 valence electrons. The van der Waals surface area contributed by atoms with E-state index in [2.05, 4.69) is 42.5 Å². The van der Waals surface area contributed by atoms with Gasteiger partial charge in [0.15, 0.2) is 23.1 Å². The zero-order chi connectivity index (χ0) is 33.8. The van der Waals surface area contributed by atoms with Gasteiger partial charge >= 0.3 is 0 Å². The van der Waals surface area contributed by atoms with Gasteiger partial charge < -0.3 is 0 Å². The number of ketones is 4. The van der Waals surface area contributed by atoms with Crippen molar-refractivity contribution in [3.63, 3.8) is 0 Å². The Balaban J connectivity index is 0.996. The summed E-state index contributed by atoms with van der Waals surface area (Å²) in [7, 11) is 0. The van der Waals surface area contributed by atoms with Gasteiger partial charge in [-0.3, -0.25) is 19.2 Å². The Morgan fingerprint density at radius 1 is 0.320 bits per heavy atom. The molecule has 0 unspecified atom stereocenters. The molecule has 0 spiro atoms. The summed E-state index contributed by atoms with van der Waals surface area (Å²) in [6.07, 6.45) is 0.677. The van der Waals surface area contributed by atoms with Crippen molar-refractivity contribution in [1.29, 1.82) is 0 Å². The normalized spacial score (nSPS) is 13.5. The standard InChI is InChI=1S/C46H26O4/c1-24-6-11-35-36(12-24)44(48)42-23-34-17-31-14-25(7-9-29(31)16-33(34)22-40(42)43(35)47)13-26-8-10-30-20-39-41(21-32(30)15-26)46(50)38-19-28-5-3-2-4-27(28)18-37(38)45(39)49/h2-12,14-23H,13H2,1H3. The number of carbonyl (C=O) groups excluding carboxylic acids is 4. The second kappa shape index (κ2) is 10.2. The molecule has 0 aliphatic heterocycles. The lowest BCUT2D eigenvalue weighted by molar-refractivity contribution is 0.0979. The molecule has 4 heteroatoms. The topological polar surface area (TPSA) is 68.3 Å². The van der Waals surface area contributed by atoms with E-state index in [1.807, 2.05) is 79.7 Å². The molecule has 0 N–H and O–H groups in total. The van der Waals surface area contributed by atoms with Crippen molar-refractivity contribution in [1.82, 2.24) is 0 Å². The molecule has 0 radical (unpaired) electrons. The number of benzene rings is 8. The first kappa shape index (κ1) is 28.5. The molecule has 0 atom stereocenters. The smallest absolute Gasteiger partial charge is 0.194 e. The van der Waals surface area contributed by atoms with E-state index < -0.39 is 0 Å². The Labute approximate surface area is 286 Å². The summed E-state index contributed by atoms with van der Waals surface area (Å²) in [6.45, 7) is 1.92. The van der Waals surface area contributed by atoms with E-state index in [9.17, 15) is 19.2 Å². The maximum absolute atomic E-state index is 13.7. The lowest BCUT2D eigenvalue weighted by Crippen LogP contribution is -2.21. The number of aryl methyl sites for hydroxylation is 1. The maximum atomic E-state index is 13.7. The quantitative estimate of drug-likeness (QED) is 0.176. The summed E-state index contributed by atoms with van der Waals surface area (Å²) in [5.41, 5.74) is 6.80. The average molecular weight is 643 g/mol. The van der Waals surface area contributed by atoms with Gasteiger partial charge in [-0.1, -0.05) is 78.4 Å². The van der Waals surface area contributed by atoms with E-state index in [4.69, 9.17) is 0 Å². The highest BCUT2D eigenvalue weighted by Crippen LogP contribution is 2.35. The highest BCUT2D eigenvalue weighted by atomic mass is 16.1. The first-order chi connectivity index (χ1) is 24.3. The zero-order valence-electron chi connectivity index (χ0n) is 27.0. The van der Waals surface area contributed by atoms with Crippen LogP contribution in [0.4, 0.5) is 0 Å². The fourth-order valence-electron chi connectivity index (χ4n) is 7.89. The summed E-state index contributed by atoms with van der Waals surface area (Å²) < 4.78 is 0. The van der Waals surface area contributed by atoms with Gasteiger partial charge in [0.2, 0.25) is 0 Å². The van der Waals surface area contributed by atoms with Crippen molar-refractivity contribution in [2.45, 2.75) is 13.3 Å². The molecule has 0 saturated carbocycles. The minimum Gasteiger partial charge on any atom is -0.289 e. The van der Waals surface area contributed by atoms with Gasteiger partial charge in [-0.05, 0) is 122 Å². The van der Waals surface area contributed by atoms with Crippen LogP contribution in [0.2, 0.25) is 0 Å². The van der Waals surface area contributed by atoms with E-state index in [0.717, 1.165) is 59.8 Å². The molecule has 0 saturated heterocycles. The van der Waals surface area contributed by atoms with Gasteiger partial charge in [-0.25, -0.2) is 0 Å². The largest absolute Gasteiger partial charge is 0.289 e. The van der Waals surface area contributed by atoms with E-state index in [-0.39, 0.29) is 23.1 Å². The second-order valence-corrected chi connectivity index (χ2v) is 13.6. The molecule has 0 aromatic heterocycles. The van der Waals surface area contributed by atoms with Crippen LogP contribution in [0.25, 0.3) is 43.1 Å². The lowest BCUT2D eigenvalue weighted by atomic mass is 9.81. The van der Waals surface area contributed by atoms with Crippen LogP contribution in [0.5, 0.6) is 0 Å². The van der Waals surface area contributed by atoms with Crippen LogP contribution in [0.1, 0.15) is 80.4 Å². The lowest BCUT2D eigenvalue weighted by Gasteiger charge is -2.19. The first-order valence-electron chi connectivity index (χ1n) is 16.7. The fourth-order valence-corrected chi connectivity index (χ4v) is 7.89. The highest BCUT2D eigenvalue weighted by Gasteiger charge is 2.31. The van der Waals surface area contributed by atoms with Crippen molar-refractivity contribution in [2.75, 3.05) is 0 Å². The Bertz CT molecular complexity index is 2930. The molecule has 0 amide bonds. The molecule has 8 aromatic rings. The predicted octanol–water partition coefficient (Wildman–Crippen LogP) is 9.75. The number of hydrogen-bond donors (Lipinski definition) is 0. The Hall–Kier alpha value is -6.52. The molecule has 2 aliphatic rings. The molecular formula is C46H26O4. The second-order valence-electron chi connectivity index (χ2n) is 13.6. The van der Waals surface area contributed by atoms with E-state index in [0.29, 0.717) is 50.9 Å². The maximum Gasteiger partial charge on any atom is 0.194 e. The Morgan fingerprint density at radius 3 is 1.20 bits per heavy atom. The van der Waals surface area contributed by atoms with Crippen molar-refractivity contribution in [3.8, 4) is 0 Å². The fraction of sp³-hybridized carbons (Fsp3) is 0.0435. The summed E-state index contributed by atoms with van der Waals surface area (Å²) >= 11 is 0. The van der Waals surface area contributed by atoms with Crippen LogP contribution in [0.3, 0.4) is 0 Å². The average Bonchev–Trinajstić information content (AvgIpc) is 3.13. The third-order valence-electron chi connectivity index (χ3n) is 10.5. The molecule has 0 bridgehead atoms. The van der Waals surface area contributed by atoms with Crippen LogP contribution < -0.4 is 0 Å². The van der Waals surface area contributed by atoms with Crippen molar-refractivity contribution < 1.29 is 19.2 Å². The van der Waals surface area contributed by atoms with E-state index in [1.54, 1.807) is 12.1 Å². The van der Waals surface area contributed by atoms with Gasteiger partial charge in [0.25, 0.3) is 0 Å². The van der Waals surface area contributed by atoms with Crippen LogP contribution in [0, 0.1) is 6.92 Å². The van der Waals surface area contributed by atoms with E-state index >= 15 is 0 Å². The molecule has 4 nitrogen and oxygen atoms in total. The molecule has 0 heterocycles. The van der Waals surface area contributed by atoms with Crippen molar-refractivity contribution in [2.24, 2.45) is 0 Å². The van der Waals surface area contributed by atoms with Crippen molar-refractivity contribution in [3.05, 3.63) is 189 Å². The summed E-state index contributed by atoms with van der Waals surface area (Å²) in [5, 5.41) is 7.63. The van der Waals surface area contributed by atoms with Crippen LogP contribution in [-0.4, -0.2) is 23.1 Å². The van der Waals surface area contributed by atoms with Gasteiger partial charge in [0, 0.05) is 44.5 Å². The van der Waals surface area contributed by atoms with Gasteiger partial charge in [0.05, 0.1) is 0 Å². The van der Waals surface area contributed by atoms with Gasteiger partial charge in [-0.2, -0.15) is 0 Å². The molecule has 8 aromatic carbocycles. The number of carbonyl (C=O) groups is 4. The number of hydrogen-bond acceptors (Lipinski definition) is 4. The molecular weight excluding hydrogens is 617 g/mol. The molecule has 10 rings (SSSR count). The summed E-state index contributed by atoms with van der Waals surface area (Å²) in [5.74, 6) is -0.472. The number of rotatable bonds is 2. The highest BCUT2D eigenvalue weighted by molar-refractivity contribution is 6.31. The summed E-state index contributed by atoms with van der Waals surface area (Å²) in [4.78, 5) is 54.2. The Kier molecular flexibility index (Phi) is 5.84. The van der Waals surface area contributed by atoms with Gasteiger partial charge in [0.1, 0.15) is 0 Å². The summed E-state index contributed by atoms with van der Waals surface area (Å²) in [6, 6.07) is 41.1. The Morgan fingerprint density at radius 2 is 0.680 bits per heavy atom. The van der Waals surface area contributed by atoms with Crippen molar-refractivity contribution >= 4 is 66.2 Å². The van der Waals surface area contributed by atoms with Crippen LogP contribution in [-0.2, 0) is 6.42 Å².